The average molecular weight is 248 g/mol. The minimum atomic E-state index is -0.177. The molecule has 0 aromatic rings. The summed E-state index contributed by atoms with van der Waals surface area (Å²) < 4.78 is 12.0. The van der Waals surface area contributed by atoms with E-state index in [1.165, 1.54) is 6.42 Å². The van der Waals surface area contributed by atoms with Gasteiger partial charge in [-0.3, -0.25) is 0 Å². The van der Waals surface area contributed by atoms with Gasteiger partial charge in [-0.05, 0) is 59.4 Å². The van der Waals surface area contributed by atoms with E-state index in [0.29, 0.717) is 0 Å². The monoisotopic (exact) mass is 247 g/mol. The van der Waals surface area contributed by atoms with Gasteiger partial charge in [0.15, 0.2) is 0 Å². The second-order valence-electron chi connectivity index (χ2n) is 5.78. The summed E-state index contributed by atoms with van der Waals surface area (Å²) in [6.45, 7) is 10.7. The van der Waals surface area contributed by atoms with Crippen molar-refractivity contribution in [2.45, 2.75) is 51.6 Å². The van der Waals surface area contributed by atoms with Crippen LogP contribution in [0.1, 0.15) is 34.1 Å². The van der Waals surface area contributed by atoms with E-state index < -0.39 is 0 Å². The lowest BCUT2D eigenvalue weighted by Crippen LogP contribution is -2.41. The molecule has 1 N–H and O–H groups in total. The zero-order chi connectivity index (χ0) is 11.1. The van der Waals surface area contributed by atoms with E-state index in [0.717, 1.165) is 25.3 Å². The smallest absolute Gasteiger partial charge is 0.403 e. The van der Waals surface area contributed by atoms with Gasteiger partial charge in [0, 0.05) is 0 Å². The van der Waals surface area contributed by atoms with Crippen molar-refractivity contribution in [3.8, 4) is 0 Å². The Morgan fingerprint density at radius 1 is 1.19 bits per heavy atom. The summed E-state index contributed by atoms with van der Waals surface area (Å²) in [5.74, 6) is 0.722. The molecule has 2 saturated heterocycles. The summed E-state index contributed by atoms with van der Waals surface area (Å²) in [6, 6.07) is 0. The highest BCUT2D eigenvalue weighted by Gasteiger charge is 2.51. The minimum Gasteiger partial charge on any atom is -0.403 e. The molecule has 5 heteroatoms. The van der Waals surface area contributed by atoms with Crippen molar-refractivity contribution in [3.05, 3.63) is 0 Å². The molecule has 0 aromatic heterocycles. The lowest BCUT2D eigenvalue weighted by molar-refractivity contribution is 0.00578. The topological polar surface area (TPSA) is 30.5 Å². The molecule has 0 radical (unpaired) electrons. The van der Waals surface area contributed by atoms with Gasteiger partial charge in [-0.2, -0.15) is 0 Å². The van der Waals surface area contributed by atoms with Gasteiger partial charge in [0.2, 0.25) is 0 Å². The number of hydrogen-bond donors (Lipinski definition) is 1. The Hall–Kier alpha value is 0.235. The molecule has 2 heterocycles. The van der Waals surface area contributed by atoms with E-state index in [9.17, 15) is 0 Å². The first-order valence-electron chi connectivity index (χ1n) is 5.97. The van der Waals surface area contributed by atoms with Crippen LogP contribution < -0.4 is 5.32 Å². The van der Waals surface area contributed by atoms with Crippen LogP contribution >= 0.6 is 12.4 Å². The van der Waals surface area contributed by atoms with Gasteiger partial charge in [-0.25, -0.2) is 0 Å². The molecule has 0 saturated carbocycles. The summed E-state index contributed by atoms with van der Waals surface area (Å²) in [5.41, 5.74) is -0.354. The van der Waals surface area contributed by atoms with E-state index in [1.807, 2.05) is 0 Å². The summed E-state index contributed by atoms with van der Waals surface area (Å²) in [7, 11) is -0.0140. The van der Waals surface area contributed by atoms with Crippen molar-refractivity contribution < 1.29 is 9.31 Å². The lowest BCUT2D eigenvalue weighted by atomic mass is 9.77. The summed E-state index contributed by atoms with van der Waals surface area (Å²) in [6.07, 6.45) is 2.28. The van der Waals surface area contributed by atoms with Crippen LogP contribution in [0, 0.1) is 5.92 Å². The number of hydrogen-bond acceptors (Lipinski definition) is 3. The highest BCUT2D eigenvalue weighted by Crippen LogP contribution is 2.38. The van der Waals surface area contributed by atoms with Crippen molar-refractivity contribution in [2.75, 3.05) is 13.1 Å². The molecule has 2 fully saturated rings. The zero-order valence-corrected chi connectivity index (χ0v) is 11.5. The second kappa shape index (κ2) is 4.85. The van der Waals surface area contributed by atoms with Crippen LogP contribution in [-0.4, -0.2) is 31.4 Å². The number of rotatable bonds is 2. The highest BCUT2D eigenvalue weighted by atomic mass is 35.5. The van der Waals surface area contributed by atoms with Crippen LogP contribution in [0.25, 0.3) is 0 Å². The van der Waals surface area contributed by atoms with Crippen LogP contribution in [0.4, 0.5) is 0 Å². The van der Waals surface area contributed by atoms with E-state index >= 15 is 0 Å². The average Bonchev–Trinajstić information content (AvgIpc) is 2.59. The Bertz CT molecular complexity index is 226. The predicted octanol–water partition coefficient (Wildman–Crippen LogP) is 2.11. The van der Waals surface area contributed by atoms with Crippen LogP contribution in [0.5, 0.6) is 0 Å². The fourth-order valence-electron chi connectivity index (χ4n) is 2.25. The Morgan fingerprint density at radius 2 is 1.75 bits per heavy atom. The van der Waals surface area contributed by atoms with Crippen molar-refractivity contribution in [3.63, 3.8) is 0 Å². The third-order valence-corrected chi connectivity index (χ3v) is 3.99. The molecule has 16 heavy (non-hydrogen) atoms. The highest BCUT2D eigenvalue weighted by molar-refractivity contribution is 6.45. The lowest BCUT2D eigenvalue weighted by Gasteiger charge is -2.32. The third kappa shape index (κ3) is 2.73. The molecular weight excluding hydrogens is 224 g/mol. The van der Waals surface area contributed by atoms with Gasteiger partial charge in [-0.1, -0.05) is 0 Å². The fourth-order valence-corrected chi connectivity index (χ4v) is 2.25. The standard InChI is InChI=1S/C11H22BNO2.ClH/c1-10(2)11(3,4)15-12(14-10)7-9-5-6-13-8-9;/h9,13H,5-8H2,1-4H3;1H. The second-order valence-corrected chi connectivity index (χ2v) is 5.78. The molecule has 3 nitrogen and oxygen atoms in total. The summed E-state index contributed by atoms with van der Waals surface area (Å²) >= 11 is 0. The van der Waals surface area contributed by atoms with Gasteiger partial charge in [0.1, 0.15) is 0 Å². The van der Waals surface area contributed by atoms with Crippen LogP contribution in [0.15, 0.2) is 0 Å². The molecule has 1 atom stereocenters. The molecule has 94 valence electrons. The zero-order valence-electron chi connectivity index (χ0n) is 10.7. The van der Waals surface area contributed by atoms with E-state index in [-0.39, 0.29) is 30.7 Å². The first-order chi connectivity index (χ1) is 6.91. The minimum absolute atomic E-state index is 0. The molecule has 2 rings (SSSR count). The Labute approximate surface area is 105 Å². The van der Waals surface area contributed by atoms with Gasteiger partial charge in [-0.15, -0.1) is 12.4 Å². The number of halogens is 1. The summed E-state index contributed by atoms with van der Waals surface area (Å²) in [5, 5.41) is 3.38. The summed E-state index contributed by atoms with van der Waals surface area (Å²) in [4.78, 5) is 0. The maximum atomic E-state index is 5.98. The van der Waals surface area contributed by atoms with Gasteiger partial charge < -0.3 is 14.6 Å². The quantitative estimate of drug-likeness (QED) is 0.758. The van der Waals surface area contributed by atoms with Gasteiger partial charge in [0.25, 0.3) is 0 Å². The first kappa shape index (κ1) is 14.3. The van der Waals surface area contributed by atoms with Crippen molar-refractivity contribution >= 4 is 19.5 Å². The Morgan fingerprint density at radius 3 is 2.19 bits per heavy atom. The van der Waals surface area contributed by atoms with Crippen LogP contribution in [0.3, 0.4) is 0 Å². The van der Waals surface area contributed by atoms with Gasteiger partial charge >= 0.3 is 7.12 Å². The van der Waals surface area contributed by atoms with Crippen molar-refractivity contribution in [2.24, 2.45) is 5.92 Å². The largest absolute Gasteiger partial charge is 0.458 e. The molecule has 1 unspecified atom stereocenters. The van der Waals surface area contributed by atoms with Crippen molar-refractivity contribution in [1.82, 2.24) is 5.32 Å². The van der Waals surface area contributed by atoms with E-state index in [1.54, 1.807) is 0 Å². The molecule has 0 aliphatic carbocycles. The predicted molar refractivity (Wildman–Crippen MR) is 69.1 cm³/mol. The molecule has 0 bridgehead atoms. The maximum absolute atomic E-state index is 5.98. The SMILES string of the molecule is CC1(C)OB(CC2CCNC2)OC1(C)C.Cl. The van der Waals surface area contributed by atoms with E-state index in [4.69, 9.17) is 9.31 Å². The normalized spacial score (nSPS) is 31.5. The molecule has 0 amide bonds. The maximum Gasteiger partial charge on any atom is 0.458 e. The molecular formula is C11H23BClNO2. The Kier molecular flexibility index (Phi) is 4.33. The van der Waals surface area contributed by atoms with E-state index in [2.05, 4.69) is 33.0 Å². The van der Waals surface area contributed by atoms with Crippen LogP contribution in [0.2, 0.25) is 6.32 Å². The van der Waals surface area contributed by atoms with Gasteiger partial charge in [0.05, 0.1) is 11.2 Å². The molecule has 0 aromatic carbocycles. The van der Waals surface area contributed by atoms with Crippen molar-refractivity contribution in [1.29, 1.82) is 0 Å². The van der Waals surface area contributed by atoms with Crippen LogP contribution in [-0.2, 0) is 9.31 Å². The number of nitrogens with one attached hydrogen (secondary N) is 1. The molecule has 0 spiro atoms. The molecule has 2 aliphatic rings. The fraction of sp³-hybridized carbons (Fsp3) is 1.00. The molecule has 2 aliphatic heterocycles. The third-order valence-electron chi connectivity index (χ3n) is 3.99. The first-order valence-corrected chi connectivity index (χ1v) is 5.97. The Balaban J connectivity index is 0.00000128.